The Hall–Kier alpha value is -1.14. The lowest BCUT2D eigenvalue weighted by Crippen LogP contribution is -2.44. The van der Waals surface area contributed by atoms with Crippen molar-refractivity contribution in [2.24, 2.45) is 4.99 Å². The van der Waals surface area contributed by atoms with Gasteiger partial charge < -0.3 is 10.2 Å². The Labute approximate surface area is 156 Å². The van der Waals surface area contributed by atoms with E-state index in [9.17, 15) is 0 Å². The van der Waals surface area contributed by atoms with Crippen LogP contribution >= 0.6 is 11.3 Å². The topological polar surface area (TPSA) is 43.8 Å². The van der Waals surface area contributed by atoms with Crippen molar-refractivity contribution in [2.75, 3.05) is 33.2 Å². The van der Waals surface area contributed by atoms with Crippen LogP contribution in [0.2, 0.25) is 0 Å². The van der Waals surface area contributed by atoms with E-state index in [1.807, 2.05) is 7.05 Å². The van der Waals surface area contributed by atoms with Gasteiger partial charge in [0, 0.05) is 37.0 Å². The van der Waals surface area contributed by atoms with E-state index in [1.54, 1.807) is 11.3 Å². The smallest absolute Gasteiger partial charge is 0.194 e. The lowest BCUT2D eigenvalue weighted by atomic mass is 9.93. The van der Waals surface area contributed by atoms with E-state index in [2.05, 4.69) is 46.3 Å². The molecule has 1 atom stereocenters. The molecule has 5 nitrogen and oxygen atoms in total. The molecule has 2 aliphatic heterocycles. The Morgan fingerprint density at radius 3 is 2.68 bits per heavy atom. The molecule has 3 heterocycles. The largest absolute Gasteiger partial charge is 0.350 e. The number of guanidine groups is 1. The van der Waals surface area contributed by atoms with Gasteiger partial charge in [-0.25, -0.2) is 4.98 Å². The van der Waals surface area contributed by atoms with Crippen LogP contribution in [0.5, 0.6) is 0 Å². The summed E-state index contributed by atoms with van der Waals surface area (Å²) in [6.07, 6.45) is 5.39. The first-order valence-corrected chi connectivity index (χ1v) is 10.5. The van der Waals surface area contributed by atoms with E-state index >= 15 is 0 Å². The highest BCUT2D eigenvalue weighted by molar-refractivity contribution is 7.09. The van der Waals surface area contributed by atoms with E-state index in [0.717, 1.165) is 30.6 Å². The van der Waals surface area contributed by atoms with Crippen molar-refractivity contribution in [3.8, 4) is 0 Å². The van der Waals surface area contributed by atoms with Crippen LogP contribution in [0.25, 0.3) is 0 Å². The maximum Gasteiger partial charge on any atom is 0.194 e. The Morgan fingerprint density at radius 1 is 1.28 bits per heavy atom. The number of nitrogens with one attached hydrogen (secondary N) is 1. The molecular formula is C19H33N5S. The highest BCUT2D eigenvalue weighted by Crippen LogP contribution is 2.24. The van der Waals surface area contributed by atoms with Gasteiger partial charge in [-0.3, -0.25) is 9.89 Å². The van der Waals surface area contributed by atoms with Gasteiger partial charge in [0.1, 0.15) is 5.01 Å². The molecule has 0 saturated carbocycles. The predicted octanol–water partition coefficient (Wildman–Crippen LogP) is 3.08. The first kappa shape index (κ1) is 18.6. The number of piperidine rings is 1. The first-order valence-electron chi connectivity index (χ1n) is 9.62. The van der Waals surface area contributed by atoms with Crippen LogP contribution in [0.1, 0.15) is 57.2 Å². The number of likely N-dealkylation sites (tertiary alicyclic amines) is 2. The van der Waals surface area contributed by atoms with Crippen LogP contribution in [-0.4, -0.2) is 60.0 Å². The summed E-state index contributed by atoms with van der Waals surface area (Å²) >= 11 is 1.74. The number of hydrogen-bond acceptors (Lipinski definition) is 4. The Bertz CT molecular complexity index is 583. The van der Waals surface area contributed by atoms with Crippen molar-refractivity contribution in [2.45, 2.75) is 64.5 Å². The average molecular weight is 364 g/mol. The van der Waals surface area contributed by atoms with Crippen molar-refractivity contribution in [1.29, 1.82) is 0 Å². The molecule has 1 aromatic rings. The monoisotopic (exact) mass is 363 g/mol. The van der Waals surface area contributed by atoms with Gasteiger partial charge in [-0.05, 0) is 32.4 Å². The zero-order valence-corrected chi connectivity index (χ0v) is 17.0. The van der Waals surface area contributed by atoms with Gasteiger partial charge in [-0.2, -0.15) is 0 Å². The maximum absolute atomic E-state index is 4.78. The van der Waals surface area contributed by atoms with Crippen molar-refractivity contribution in [1.82, 2.24) is 20.1 Å². The highest BCUT2D eigenvalue weighted by Gasteiger charge is 2.30. The summed E-state index contributed by atoms with van der Waals surface area (Å²) in [4.78, 5) is 14.4. The molecule has 0 radical (unpaired) electrons. The maximum atomic E-state index is 4.78. The highest BCUT2D eigenvalue weighted by atomic mass is 32.1. The fourth-order valence-electron chi connectivity index (χ4n) is 3.74. The molecule has 0 aromatic carbocycles. The van der Waals surface area contributed by atoms with Gasteiger partial charge in [0.15, 0.2) is 5.96 Å². The number of hydrogen-bond donors (Lipinski definition) is 1. The number of aliphatic imine (C=N–C) groups is 1. The molecule has 3 rings (SSSR count). The standard InChI is InChI=1S/C19H33N5S/c1-19(2,3)16-14-25-17(22-16)12-21-18(20-4)24-11-8-15(13-24)23-9-6-5-7-10-23/h14-15H,5-13H2,1-4H3,(H,20,21). The van der Waals surface area contributed by atoms with Gasteiger partial charge >= 0.3 is 0 Å². The van der Waals surface area contributed by atoms with Gasteiger partial charge in [0.2, 0.25) is 0 Å². The molecule has 2 aliphatic rings. The molecule has 140 valence electrons. The molecule has 2 fully saturated rings. The van der Waals surface area contributed by atoms with Crippen molar-refractivity contribution >= 4 is 17.3 Å². The van der Waals surface area contributed by atoms with Gasteiger partial charge in [0.05, 0.1) is 12.2 Å². The van der Waals surface area contributed by atoms with Gasteiger partial charge in [-0.15, -0.1) is 11.3 Å². The lowest BCUT2D eigenvalue weighted by Gasteiger charge is -2.32. The summed E-state index contributed by atoms with van der Waals surface area (Å²) in [5, 5.41) is 6.84. The molecule has 0 aliphatic carbocycles. The van der Waals surface area contributed by atoms with Crippen molar-refractivity contribution in [3.05, 3.63) is 16.1 Å². The molecule has 0 amide bonds. The quantitative estimate of drug-likeness (QED) is 0.662. The minimum Gasteiger partial charge on any atom is -0.350 e. The minimum absolute atomic E-state index is 0.118. The summed E-state index contributed by atoms with van der Waals surface area (Å²) in [6, 6.07) is 0.700. The van der Waals surface area contributed by atoms with Gasteiger partial charge in [-0.1, -0.05) is 27.2 Å². The number of nitrogens with zero attached hydrogens (tertiary/aromatic N) is 4. The molecule has 1 aromatic heterocycles. The van der Waals surface area contributed by atoms with Crippen LogP contribution in [-0.2, 0) is 12.0 Å². The minimum atomic E-state index is 0.118. The fourth-order valence-corrected chi connectivity index (χ4v) is 4.70. The molecule has 0 bridgehead atoms. The van der Waals surface area contributed by atoms with Crippen LogP contribution in [0, 0.1) is 0 Å². The predicted molar refractivity (Wildman–Crippen MR) is 106 cm³/mol. The second-order valence-corrected chi connectivity index (χ2v) is 9.21. The van der Waals surface area contributed by atoms with E-state index in [1.165, 1.54) is 44.5 Å². The van der Waals surface area contributed by atoms with Crippen molar-refractivity contribution in [3.63, 3.8) is 0 Å². The summed E-state index contributed by atoms with van der Waals surface area (Å²) < 4.78 is 0. The second kappa shape index (κ2) is 8.04. The average Bonchev–Trinajstić information content (AvgIpc) is 3.25. The fraction of sp³-hybridized carbons (Fsp3) is 0.789. The molecule has 1 unspecified atom stereocenters. The molecule has 1 N–H and O–H groups in total. The summed E-state index contributed by atoms with van der Waals surface area (Å²) in [5.74, 6) is 1.02. The Kier molecular flexibility index (Phi) is 6.00. The molecule has 0 spiro atoms. The molecular weight excluding hydrogens is 330 g/mol. The Morgan fingerprint density at radius 2 is 2.04 bits per heavy atom. The third kappa shape index (κ3) is 4.73. The second-order valence-electron chi connectivity index (χ2n) is 8.26. The zero-order chi connectivity index (χ0) is 17.9. The van der Waals surface area contributed by atoms with Crippen molar-refractivity contribution < 1.29 is 0 Å². The zero-order valence-electron chi connectivity index (χ0n) is 16.2. The van der Waals surface area contributed by atoms with Crippen LogP contribution in [0.3, 0.4) is 0 Å². The van der Waals surface area contributed by atoms with E-state index in [4.69, 9.17) is 4.98 Å². The normalized spacial score (nSPS) is 23.3. The van der Waals surface area contributed by atoms with Crippen LogP contribution in [0.15, 0.2) is 10.4 Å². The molecule has 25 heavy (non-hydrogen) atoms. The SMILES string of the molecule is CN=C(NCc1nc(C(C)(C)C)cs1)N1CCC(N2CCCCC2)C1. The van der Waals surface area contributed by atoms with Crippen LogP contribution < -0.4 is 5.32 Å². The summed E-state index contributed by atoms with van der Waals surface area (Å²) in [6.45, 7) is 12.2. The van der Waals surface area contributed by atoms with E-state index in [-0.39, 0.29) is 5.41 Å². The van der Waals surface area contributed by atoms with Crippen LogP contribution in [0.4, 0.5) is 0 Å². The third-order valence-electron chi connectivity index (χ3n) is 5.30. The van der Waals surface area contributed by atoms with Gasteiger partial charge in [0.25, 0.3) is 0 Å². The molecule has 2 saturated heterocycles. The Balaban J connectivity index is 1.52. The first-order chi connectivity index (χ1) is 12.0. The van der Waals surface area contributed by atoms with E-state index in [0.29, 0.717) is 6.04 Å². The lowest BCUT2D eigenvalue weighted by molar-refractivity contribution is 0.168. The third-order valence-corrected chi connectivity index (χ3v) is 6.15. The number of aromatic nitrogens is 1. The van der Waals surface area contributed by atoms with E-state index < -0.39 is 0 Å². The molecule has 6 heteroatoms. The summed E-state index contributed by atoms with van der Waals surface area (Å²) in [7, 11) is 1.89. The number of rotatable bonds is 3. The summed E-state index contributed by atoms with van der Waals surface area (Å²) in [5.41, 5.74) is 1.29. The number of thiazole rings is 1.